The molecule has 7 rings (SSSR count). The van der Waals surface area contributed by atoms with Crippen molar-refractivity contribution in [3.8, 4) is 5.75 Å². The van der Waals surface area contributed by atoms with Crippen LogP contribution >= 0.6 is 11.6 Å². The highest BCUT2D eigenvalue weighted by atomic mass is 35.5. The first-order valence-electron chi connectivity index (χ1n) is 18.5. The largest absolute Gasteiger partial charge is 0.491 e. The number of fused-ring (bicyclic) bond motifs is 2. The molecule has 2 aliphatic rings. The monoisotopic (exact) mass is 770 g/mol. The van der Waals surface area contributed by atoms with E-state index in [9.17, 15) is 9.50 Å². The Balaban J connectivity index is 1.34. The maximum atomic E-state index is 15.4. The van der Waals surface area contributed by atoms with Crippen LogP contribution in [0.3, 0.4) is 0 Å². The molecule has 7 nitrogen and oxygen atoms in total. The maximum absolute atomic E-state index is 15.4. The van der Waals surface area contributed by atoms with Gasteiger partial charge in [0.05, 0.1) is 38.6 Å². The third-order valence-electron chi connectivity index (χ3n) is 10.4. The highest BCUT2D eigenvalue weighted by Gasteiger charge is 2.73. The summed E-state index contributed by atoms with van der Waals surface area (Å²) in [6.45, 7) is 5.72. The molecule has 2 fully saturated rings. The third-order valence-corrected chi connectivity index (χ3v) is 10.8. The van der Waals surface area contributed by atoms with Gasteiger partial charge in [0.25, 0.3) is 0 Å². The van der Waals surface area contributed by atoms with E-state index in [2.05, 4.69) is 0 Å². The van der Waals surface area contributed by atoms with E-state index in [1.807, 2.05) is 91.0 Å². The fraction of sp³-hybridized carbons (Fsp3) is 0.333. The van der Waals surface area contributed by atoms with Gasteiger partial charge in [0.2, 0.25) is 11.6 Å². The Kier molecular flexibility index (Phi) is 11.7. The Bertz CT molecular complexity index is 2050. The van der Waals surface area contributed by atoms with Crippen LogP contribution in [0.2, 0.25) is 5.02 Å². The van der Waals surface area contributed by atoms with Crippen molar-refractivity contribution in [2.24, 2.45) is 0 Å². The molecule has 0 unspecified atom stereocenters. The molecule has 0 saturated carbocycles. The Morgan fingerprint density at radius 1 is 0.727 bits per heavy atom. The summed E-state index contributed by atoms with van der Waals surface area (Å²) >= 11 is 6.77. The molecule has 2 heterocycles. The Morgan fingerprint density at radius 3 is 1.85 bits per heavy atom. The van der Waals surface area contributed by atoms with E-state index in [1.165, 1.54) is 12.1 Å². The molecule has 0 spiro atoms. The number of hydrogen-bond donors (Lipinski definition) is 1. The molecule has 288 valence electrons. The van der Waals surface area contributed by atoms with Crippen molar-refractivity contribution in [1.29, 1.82) is 0 Å². The summed E-state index contributed by atoms with van der Waals surface area (Å²) in [6.07, 6.45) is -2.75. The summed E-state index contributed by atoms with van der Waals surface area (Å²) in [7, 11) is 0. The molecule has 55 heavy (non-hydrogen) atoms. The average Bonchev–Trinajstić information content (AvgIpc) is 3.57. The van der Waals surface area contributed by atoms with Gasteiger partial charge in [0.15, 0.2) is 17.2 Å². The topological polar surface area (TPSA) is 75.6 Å². The minimum atomic E-state index is -1.66. The van der Waals surface area contributed by atoms with Crippen LogP contribution in [0, 0.1) is 11.6 Å². The fourth-order valence-electron chi connectivity index (χ4n) is 7.42. The van der Waals surface area contributed by atoms with Crippen LogP contribution < -0.4 is 4.74 Å². The first-order chi connectivity index (χ1) is 26.5. The van der Waals surface area contributed by atoms with Gasteiger partial charge in [-0.25, -0.2) is 4.39 Å². The minimum absolute atomic E-state index is 0.0408. The summed E-state index contributed by atoms with van der Waals surface area (Å²) in [6, 6.07) is 37.3. The third kappa shape index (κ3) is 7.93. The van der Waals surface area contributed by atoms with E-state index in [0.717, 1.165) is 16.7 Å². The second-order valence-electron chi connectivity index (χ2n) is 14.5. The van der Waals surface area contributed by atoms with E-state index in [-0.39, 0.29) is 50.8 Å². The fourth-order valence-corrected chi connectivity index (χ4v) is 7.61. The maximum Gasteiger partial charge on any atom is 0.225 e. The summed E-state index contributed by atoms with van der Waals surface area (Å²) in [4.78, 5) is 0. The van der Waals surface area contributed by atoms with Crippen molar-refractivity contribution in [3.05, 3.63) is 171 Å². The zero-order chi connectivity index (χ0) is 38.6. The van der Waals surface area contributed by atoms with Crippen LogP contribution in [0.15, 0.2) is 121 Å². The first kappa shape index (κ1) is 39.1. The number of halogens is 3. The van der Waals surface area contributed by atoms with Gasteiger partial charge < -0.3 is 33.5 Å². The minimum Gasteiger partial charge on any atom is -0.491 e. The Morgan fingerprint density at radius 2 is 1.29 bits per heavy atom. The lowest BCUT2D eigenvalue weighted by Crippen LogP contribution is -2.72. The number of rotatable bonds is 15. The predicted molar refractivity (Wildman–Crippen MR) is 205 cm³/mol. The molecule has 0 amide bonds. The molecule has 5 aromatic carbocycles. The molecule has 2 bridgehead atoms. The van der Waals surface area contributed by atoms with Crippen LogP contribution in [0.25, 0.3) is 0 Å². The molecule has 1 N–H and O–H groups in total. The van der Waals surface area contributed by atoms with Crippen LogP contribution in [0.4, 0.5) is 8.78 Å². The molecule has 5 aromatic rings. The summed E-state index contributed by atoms with van der Waals surface area (Å²) in [5, 5.41) is 12.4. The standard InChI is InChI=1S/C45H45ClF2O7/c1-4-50-37-23-20-33(38(47)39(37)48)24-34-25-35(21-22-36(34)46)45-42(53-28-32-18-12-7-13-19-32)40(51-26-30-14-8-5-9-15-30)41(52-27-31-16-10-6-11-17-31)44(55-45,29-54-45)43(2,3)49/h5-23,25,40-42,49H,4,24,26-29H2,1-3H3/t40-,41-,42+,44-,45-/m0/s1. The van der Waals surface area contributed by atoms with Crippen molar-refractivity contribution >= 4 is 11.6 Å². The van der Waals surface area contributed by atoms with Crippen molar-refractivity contribution < 1.29 is 42.3 Å². The van der Waals surface area contributed by atoms with Gasteiger partial charge in [-0.3, -0.25) is 0 Å². The molecular formula is C45H45ClF2O7. The predicted octanol–water partition coefficient (Wildman–Crippen LogP) is 9.09. The van der Waals surface area contributed by atoms with E-state index < -0.39 is 46.9 Å². The molecule has 2 saturated heterocycles. The molecule has 0 aromatic heterocycles. The van der Waals surface area contributed by atoms with Crippen LogP contribution in [-0.2, 0) is 55.7 Å². The lowest BCUT2D eigenvalue weighted by molar-refractivity contribution is -0.369. The highest BCUT2D eigenvalue weighted by molar-refractivity contribution is 6.31. The quantitative estimate of drug-likeness (QED) is 0.114. The number of hydrogen-bond acceptors (Lipinski definition) is 7. The van der Waals surface area contributed by atoms with Gasteiger partial charge in [-0.05, 0) is 66.8 Å². The van der Waals surface area contributed by atoms with Crippen molar-refractivity contribution in [1.82, 2.24) is 0 Å². The van der Waals surface area contributed by atoms with Crippen LogP contribution in [0.1, 0.15) is 54.2 Å². The van der Waals surface area contributed by atoms with Crippen LogP contribution in [-0.4, -0.2) is 47.8 Å². The second kappa shape index (κ2) is 16.5. The highest BCUT2D eigenvalue weighted by Crippen LogP contribution is 2.56. The number of benzene rings is 5. The second-order valence-corrected chi connectivity index (χ2v) is 14.9. The van der Waals surface area contributed by atoms with Gasteiger partial charge in [-0.2, -0.15) is 4.39 Å². The summed E-state index contributed by atoms with van der Waals surface area (Å²) in [5.74, 6) is -3.91. The molecule has 5 atom stereocenters. The lowest BCUT2D eigenvalue weighted by atomic mass is 9.74. The Hall–Kier alpha value is -4.19. The Labute approximate surface area is 325 Å². The molecule has 0 radical (unpaired) electrons. The van der Waals surface area contributed by atoms with E-state index >= 15 is 4.39 Å². The first-order valence-corrected chi connectivity index (χ1v) is 18.8. The zero-order valence-corrected chi connectivity index (χ0v) is 31.8. The average molecular weight is 771 g/mol. The van der Waals surface area contributed by atoms with Crippen molar-refractivity contribution in [3.63, 3.8) is 0 Å². The number of aliphatic hydroxyl groups is 1. The molecule has 2 aliphatic heterocycles. The van der Waals surface area contributed by atoms with Crippen LogP contribution in [0.5, 0.6) is 5.75 Å². The smallest absolute Gasteiger partial charge is 0.225 e. The van der Waals surface area contributed by atoms with E-state index in [1.54, 1.807) is 39.0 Å². The van der Waals surface area contributed by atoms with Gasteiger partial charge in [-0.1, -0.05) is 115 Å². The molecular weight excluding hydrogens is 726 g/mol. The van der Waals surface area contributed by atoms with E-state index in [0.29, 0.717) is 16.1 Å². The molecule has 0 aliphatic carbocycles. The van der Waals surface area contributed by atoms with Crippen molar-refractivity contribution in [2.45, 2.75) is 82.3 Å². The van der Waals surface area contributed by atoms with Gasteiger partial charge in [0, 0.05) is 17.0 Å². The number of ether oxygens (including phenoxy) is 6. The summed E-state index contributed by atoms with van der Waals surface area (Å²) < 4.78 is 70.1. The lowest BCUT2D eigenvalue weighted by Gasteiger charge is -2.54. The van der Waals surface area contributed by atoms with Crippen molar-refractivity contribution in [2.75, 3.05) is 13.2 Å². The van der Waals surface area contributed by atoms with Gasteiger partial charge in [-0.15, -0.1) is 0 Å². The summed E-state index contributed by atoms with van der Waals surface area (Å²) in [5.41, 5.74) is 0.864. The van der Waals surface area contributed by atoms with E-state index in [4.69, 9.17) is 40.0 Å². The van der Waals surface area contributed by atoms with Gasteiger partial charge >= 0.3 is 0 Å². The SMILES string of the molecule is CCOc1ccc(Cc2cc([C@]34OC[C@](C(C)(C)O)(O3)[C@@H](OCc3ccccc3)[C@H](OCc3ccccc3)[C@H]4OCc3ccccc3)ccc2Cl)c(F)c1F. The van der Waals surface area contributed by atoms with Gasteiger partial charge in [0.1, 0.15) is 18.3 Å². The normalized spacial score (nSPS) is 23.5. The molecule has 10 heteroatoms. The zero-order valence-electron chi connectivity index (χ0n) is 31.1.